The molecular formula is C60H36N2O2. The first-order valence-electron chi connectivity index (χ1n) is 21.8. The molecule has 0 fully saturated rings. The minimum absolute atomic E-state index is 0.835. The molecule has 4 heteroatoms. The molecule has 4 nitrogen and oxygen atoms in total. The second-order valence-electron chi connectivity index (χ2n) is 16.8. The van der Waals surface area contributed by atoms with Crippen molar-refractivity contribution in [3.8, 4) is 44.8 Å². The minimum Gasteiger partial charge on any atom is -0.455 e. The Kier molecular flexibility index (Phi) is 7.36. The Bertz CT molecular complexity index is 4110. The largest absolute Gasteiger partial charge is 0.455 e. The van der Waals surface area contributed by atoms with E-state index in [1.54, 1.807) is 0 Å². The lowest BCUT2D eigenvalue weighted by Gasteiger charge is -2.12. The van der Waals surface area contributed by atoms with Crippen molar-refractivity contribution >= 4 is 87.5 Å². The van der Waals surface area contributed by atoms with Gasteiger partial charge in [-0.05, 0) is 101 Å². The minimum atomic E-state index is 0.835. The third kappa shape index (κ3) is 5.11. The molecule has 14 rings (SSSR count). The summed E-state index contributed by atoms with van der Waals surface area (Å²) < 4.78 is 18.4. The normalized spacial score (nSPS) is 12.1. The van der Waals surface area contributed by atoms with Crippen LogP contribution in [0, 0.1) is 0 Å². The van der Waals surface area contributed by atoms with E-state index in [0.29, 0.717) is 0 Å². The predicted molar refractivity (Wildman–Crippen MR) is 266 cm³/mol. The summed E-state index contributed by atoms with van der Waals surface area (Å²) in [5, 5.41) is 9.29. The van der Waals surface area contributed by atoms with Crippen LogP contribution in [0.1, 0.15) is 0 Å². The summed E-state index contributed by atoms with van der Waals surface area (Å²) in [6.07, 6.45) is 0. The molecule has 0 unspecified atom stereocenters. The van der Waals surface area contributed by atoms with Crippen LogP contribution in [-0.4, -0.2) is 9.13 Å². The van der Waals surface area contributed by atoms with E-state index >= 15 is 0 Å². The van der Waals surface area contributed by atoms with Crippen LogP contribution >= 0.6 is 0 Å². The second kappa shape index (κ2) is 13.4. The average molecular weight is 817 g/mol. The van der Waals surface area contributed by atoms with Gasteiger partial charge >= 0.3 is 0 Å². The van der Waals surface area contributed by atoms with Crippen LogP contribution in [-0.2, 0) is 0 Å². The molecule has 0 atom stereocenters. The number of benzene rings is 10. The van der Waals surface area contributed by atoms with E-state index in [4.69, 9.17) is 8.83 Å². The van der Waals surface area contributed by atoms with Gasteiger partial charge in [0.2, 0.25) is 0 Å². The number of hydrogen-bond donors (Lipinski definition) is 0. The van der Waals surface area contributed by atoms with Gasteiger partial charge in [0.1, 0.15) is 22.3 Å². The van der Waals surface area contributed by atoms with Crippen LogP contribution in [0.5, 0.6) is 0 Å². The fraction of sp³-hybridized carbons (Fsp3) is 0. The molecule has 0 bridgehead atoms. The monoisotopic (exact) mass is 816 g/mol. The summed E-state index contributed by atoms with van der Waals surface area (Å²) in [4.78, 5) is 0. The van der Waals surface area contributed by atoms with E-state index in [1.165, 1.54) is 43.6 Å². The topological polar surface area (TPSA) is 36.1 Å². The van der Waals surface area contributed by atoms with Gasteiger partial charge in [0.15, 0.2) is 0 Å². The Labute approximate surface area is 367 Å². The van der Waals surface area contributed by atoms with E-state index in [-0.39, 0.29) is 0 Å². The molecule has 0 amide bonds. The number of aromatic nitrogens is 2. The first-order valence-corrected chi connectivity index (χ1v) is 21.8. The molecular weight excluding hydrogens is 781 g/mol. The third-order valence-electron chi connectivity index (χ3n) is 13.3. The number of nitrogens with zero attached hydrogens (tertiary/aromatic N) is 2. The molecule has 0 aliphatic heterocycles. The van der Waals surface area contributed by atoms with E-state index in [1.807, 2.05) is 12.1 Å². The van der Waals surface area contributed by atoms with Gasteiger partial charge in [0.25, 0.3) is 0 Å². The smallest absolute Gasteiger partial charge is 0.143 e. The van der Waals surface area contributed by atoms with Gasteiger partial charge in [-0.3, -0.25) is 0 Å². The quantitative estimate of drug-likeness (QED) is 0.173. The molecule has 0 aliphatic carbocycles. The Morgan fingerprint density at radius 2 is 0.688 bits per heavy atom. The van der Waals surface area contributed by atoms with Crippen LogP contribution in [0.3, 0.4) is 0 Å². The van der Waals surface area contributed by atoms with Crippen molar-refractivity contribution in [3.05, 3.63) is 218 Å². The zero-order chi connectivity index (χ0) is 41.9. The van der Waals surface area contributed by atoms with Crippen molar-refractivity contribution in [1.29, 1.82) is 0 Å². The lowest BCUT2D eigenvalue weighted by molar-refractivity contribution is 0.665. The Morgan fingerprint density at radius 3 is 1.28 bits per heavy atom. The summed E-state index contributed by atoms with van der Waals surface area (Å²) in [5.41, 5.74) is 16.8. The molecule has 0 spiro atoms. The van der Waals surface area contributed by atoms with E-state index in [9.17, 15) is 0 Å². The lowest BCUT2D eigenvalue weighted by Crippen LogP contribution is -1.94. The van der Waals surface area contributed by atoms with Gasteiger partial charge in [-0.25, -0.2) is 0 Å². The molecule has 0 aliphatic rings. The molecule has 4 aromatic heterocycles. The number of furan rings is 2. The summed E-state index contributed by atoms with van der Waals surface area (Å²) in [6.45, 7) is 0. The highest BCUT2D eigenvalue weighted by Gasteiger charge is 2.21. The molecule has 14 aromatic rings. The molecule has 10 aromatic carbocycles. The first kappa shape index (κ1) is 35.0. The molecule has 0 N–H and O–H groups in total. The van der Waals surface area contributed by atoms with Crippen LogP contribution < -0.4 is 0 Å². The highest BCUT2D eigenvalue weighted by molar-refractivity contribution is 6.17. The number of rotatable bonds is 5. The van der Waals surface area contributed by atoms with Crippen LogP contribution in [0.15, 0.2) is 227 Å². The Balaban J connectivity index is 0.989. The summed E-state index contributed by atoms with van der Waals surface area (Å²) in [5.74, 6) is 0. The summed E-state index contributed by atoms with van der Waals surface area (Å²) in [6, 6.07) is 78.5. The molecule has 64 heavy (non-hydrogen) atoms. The fourth-order valence-corrected chi connectivity index (χ4v) is 10.4. The van der Waals surface area contributed by atoms with Crippen molar-refractivity contribution in [2.24, 2.45) is 0 Å². The maximum atomic E-state index is 6.95. The maximum Gasteiger partial charge on any atom is 0.143 e. The van der Waals surface area contributed by atoms with E-state index in [0.717, 1.165) is 88.6 Å². The van der Waals surface area contributed by atoms with Crippen LogP contribution in [0.25, 0.3) is 132 Å². The highest BCUT2D eigenvalue weighted by Crippen LogP contribution is 2.45. The average Bonchev–Trinajstić information content (AvgIpc) is 4.11. The van der Waals surface area contributed by atoms with E-state index in [2.05, 4.69) is 215 Å². The molecule has 0 radical (unpaired) electrons. The zero-order valence-corrected chi connectivity index (χ0v) is 34.5. The fourth-order valence-electron chi connectivity index (χ4n) is 10.4. The second-order valence-corrected chi connectivity index (χ2v) is 16.8. The van der Waals surface area contributed by atoms with Gasteiger partial charge in [0, 0.05) is 65.6 Å². The lowest BCUT2D eigenvalue weighted by atomic mass is 9.94. The third-order valence-corrected chi connectivity index (χ3v) is 13.3. The van der Waals surface area contributed by atoms with Crippen LogP contribution in [0.2, 0.25) is 0 Å². The standard InChI is InChI=1S/C60H36N2O2/c1-6-25-53-43(18-1)44-19-2-7-26-54(44)61(53)41-16-11-14-37(32-41)39-30-31-58-50(34-39)52-36-40(35-51(60(52)64-58)49-24-13-23-48-47-22-5-10-29-57(47)63-59(48)49)38-15-12-17-42(33-38)62-55-27-8-3-20-45(55)46-21-4-9-28-56(46)62/h1-36H. The van der Waals surface area contributed by atoms with Crippen LogP contribution in [0.4, 0.5) is 0 Å². The van der Waals surface area contributed by atoms with Crippen molar-refractivity contribution < 1.29 is 8.83 Å². The van der Waals surface area contributed by atoms with Crippen molar-refractivity contribution in [3.63, 3.8) is 0 Å². The highest BCUT2D eigenvalue weighted by atomic mass is 16.3. The molecule has 298 valence electrons. The van der Waals surface area contributed by atoms with Crippen molar-refractivity contribution in [1.82, 2.24) is 9.13 Å². The van der Waals surface area contributed by atoms with Gasteiger partial charge in [0.05, 0.1) is 22.1 Å². The zero-order valence-electron chi connectivity index (χ0n) is 34.5. The predicted octanol–water partition coefficient (Wildman–Crippen LogP) is 16.7. The summed E-state index contributed by atoms with van der Waals surface area (Å²) in [7, 11) is 0. The maximum absolute atomic E-state index is 6.95. The number of hydrogen-bond acceptors (Lipinski definition) is 2. The van der Waals surface area contributed by atoms with Gasteiger partial charge in [-0.2, -0.15) is 0 Å². The number of fused-ring (bicyclic) bond motifs is 12. The first-order chi connectivity index (χ1) is 31.7. The summed E-state index contributed by atoms with van der Waals surface area (Å²) >= 11 is 0. The van der Waals surface area contributed by atoms with Gasteiger partial charge in [-0.15, -0.1) is 0 Å². The Morgan fingerprint density at radius 1 is 0.250 bits per heavy atom. The van der Waals surface area contributed by atoms with Crippen molar-refractivity contribution in [2.45, 2.75) is 0 Å². The SMILES string of the molecule is c1cc(-c2ccc3oc4c(-c5cccc6c5oc5ccccc56)cc(-c5cccc(-n6c7ccccc7c7ccccc76)c5)cc4c3c2)cc(-n2c3ccccc3c3ccccc32)c1. The molecule has 0 saturated carbocycles. The van der Waals surface area contributed by atoms with Gasteiger partial charge < -0.3 is 18.0 Å². The molecule has 0 saturated heterocycles. The molecule has 4 heterocycles. The number of para-hydroxylation sites is 6. The van der Waals surface area contributed by atoms with Crippen molar-refractivity contribution in [2.75, 3.05) is 0 Å². The Hall–Kier alpha value is -8.60. The van der Waals surface area contributed by atoms with E-state index < -0.39 is 0 Å². The van der Waals surface area contributed by atoms with Gasteiger partial charge in [-0.1, -0.05) is 140 Å².